The van der Waals surface area contributed by atoms with Gasteiger partial charge in [0.05, 0.1) is 17.1 Å². The first-order valence-electron chi connectivity index (χ1n) is 13.0. The Morgan fingerprint density at radius 3 is 2.39 bits per heavy atom. The number of halogens is 4. The van der Waals surface area contributed by atoms with Crippen molar-refractivity contribution in [3.05, 3.63) is 69.2 Å². The molecule has 4 rings (SSSR count). The van der Waals surface area contributed by atoms with Crippen molar-refractivity contribution in [3.8, 4) is 6.07 Å². The van der Waals surface area contributed by atoms with Gasteiger partial charge in [0.15, 0.2) is 0 Å². The summed E-state index contributed by atoms with van der Waals surface area (Å²) in [6, 6.07) is 9.81. The SMILES string of the molecule is CCN1CCN(C(=O)N2C[C@@H](CC(C)(C)C)[C@](C#N)(c3ccc(Cl)cc3F)[C@H]2c2cccc(Cl)c2F)CC1. The van der Waals surface area contributed by atoms with Crippen LogP contribution < -0.4 is 0 Å². The van der Waals surface area contributed by atoms with Crippen LogP contribution >= 0.6 is 23.2 Å². The third kappa shape index (κ3) is 5.23. The average molecular weight is 564 g/mol. The molecule has 0 N–H and O–H groups in total. The molecule has 38 heavy (non-hydrogen) atoms. The van der Waals surface area contributed by atoms with E-state index in [1.165, 1.54) is 24.3 Å². The highest BCUT2D eigenvalue weighted by Crippen LogP contribution is 2.56. The van der Waals surface area contributed by atoms with Crippen molar-refractivity contribution >= 4 is 29.2 Å². The number of benzene rings is 2. The molecular formula is C29H34Cl2F2N4O. The van der Waals surface area contributed by atoms with Crippen molar-refractivity contribution in [1.29, 1.82) is 5.26 Å². The van der Waals surface area contributed by atoms with Crippen LogP contribution in [0.4, 0.5) is 13.6 Å². The summed E-state index contributed by atoms with van der Waals surface area (Å²) in [6.07, 6.45) is 0.509. The van der Waals surface area contributed by atoms with Crippen LogP contribution in [0.5, 0.6) is 0 Å². The first-order chi connectivity index (χ1) is 17.9. The van der Waals surface area contributed by atoms with Crippen LogP contribution in [0.3, 0.4) is 0 Å². The maximum absolute atomic E-state index is 15.7. The van der Waals surface area contributed by atoms with Crippen LogP contribution in [0, 0.1) is 34.3 Å². The first-order valence-corrected chi connectivity index (χ1v) is 13.8. The fraction of sp³-hybridized carbons (Fsp3) is 0.517. The van der Waals surface area contributed by atoms with E-state index in [2.05, 4.69) is 17.9 Å². The highest BCUT2D eigenvalue weighted by molar-refractivity contribution is 6.31. The second-order valence-electron chi connectivity index (χ2n) is 11.5. The largest absolute Gasteiger partial charge is 0.322 e. The maximum atomic E-state index is 15.7. The predicted molar refractivity (Wildman–Crippen MR) is 146 cm³/mol. The molecule has 5 nitrogen and oxygen atoms in total. The van der Waals surface area contributed by atoms with Gasteiger partial charge in [-0.05, 0) is 36.6 Å². The number of carbonyl (C=O) groups excluding carboxylic acids is 1. The summed E-state index contributed by atoms with van der Waals surface area (Å²) < 4.78 is 31.4. The summed E-state index contributed by atoms with van der Waals surface area (Å²) in [5, 5.41) is 11.0. The number of carbonyl (C=O) groups is 1. The Balaban J connectivity index is 1.93. The van der Waals surface area contributed by atoms with E-state index in [4.69, 9.17) is 23.2 Å². The summed E-state index contributed by atoms with van der Waals surface area (Å²) in [7, 11) is 0. The summed E-state index contributed by atoms with van der Waals surface area (Å²) in [6.45, 7) is 11.8. The third-order valence-corrected chi connectivity index (χ3v) is 8.36. The lowest BCUT2D eigenvalue weighted by Gasteiger charge is -2.40. The van der Waals surface area contributed by atoms with Crippen molar-refractivity contribution in [3.63, 3.8) is 0 Å². The van der Waals surface area contributed by atoms with Crippen LogP contribution in [0.2, 0.25) is 10.0 Å². The molecule has 0 bridgehead atoms. The molecule has 0 spiro atoms. The number of likely N-dealkylation sites (N-methyl/N-ethyl adjacent to an activating group) is 1. The molecule has 2 aromatic carbocycles. The Kier molecular flexibility index (Phi) is 8.28. The van der Waals surface area contributed by atoms with Crippen molar-refractivity contribution < 1.29 is 13.6 Å². The number of nitrogens with zero attached hydrogens (tertiary/aromatic N) is 4. The van der Waals surface area contributed by atoms with Crippen LogP contribution in [0.1, 0.15) is 51.3 Å². The number of nitriles is 1. The molecule has 2 heterocycles. The lowest BCUT2D eigenvalue weighted by molar-refractivity contribution is 0.108. The normalized spacial score (nSPS) is 24.5. The highest BCUT2D eigenvalue weighted by atomic mass is 35.5. The second kappa shape index (κ2) is 11.0. The number of likely N-dealkylation sites (tertiary alicyclic amines) is 1. The van der Waals surface area contributed by atoms with Gasteiger partial charge in [0.2, 0.25) is 0 Å². The zero-order chi connectivity index (χ0) is 27.8. The summed E-state index contributed by atoms with van der Waals surface area (Å²) >= 11 is 12.3. The van der Waals surface area contributed by atoms with Gasteiger partial charge in [0.1, 0.15) is 17.0 Å². The molecule has 0 aromatic heterocycles. The van der Waals surface area contributed by atoms with E-state index in [1.807, 2.05) is 20.8 Å². The van der Waals surface area contributed by atoms with Gasteiger partial charge in [-0.3, -0.25) is 0 Å². The molecule has 0 radical (unpaired) electrons. The fourth-order valence-electron chi connectivity index (χ4n) is 6.10. The van der Waals surface area contributed by atoms with Gasteiger partial charge in [-0.15, -0.1) is 0 Å². The van der Waals surface area contributed by atoms with Crippen LogP contribution in [-0.2, 0) is 5.41 Å². The van der Waals surface area contributed by atoms with E-state index in [0.717, 1.165) is 19.6 Å². The van der Waals surface area contributed by atoms with Crippen LogP contribution in [-0.4, -0.2) is 60.0 Å². The quantitative estimate of drug-likeness (QED) is 0.407. The number of hydrogen-bond donors (Lipinski definition) is 0. The topological polar surface area (TPSA) is 50.6 Å². The Hall–Kier alpha value is -2.40. The molecule has 2 aromatic rings. The lowest BCUT2D eigenvalue weighted by Crippen LogP contribution is -2.53. The standard InChI is InChI=1S/C29H34Cl2F2N4O/c1-5-35-11-13-36(14-12-35)27(38)37-17-19(16-28(2,3)4)29(18-34,22-10-9-20(30)15-24(22)32)26(37)21-7-6-8-23(31)25(21)33/h6-10,15,19,26H,5,11-14,16-17H2,1-4H3/t19-,26-,29-/m1/s1. The zero-order valence-electron chi connectivity index (χ0n) is 22.3. The monoisotopic (exact) mass is 562 g/mol. The number of urea groups is 1. The van der Waals surface area contributed by atoms with Gasteiger partial charge < -0.3 is 14.7 Å². The number of amides is 2. The first kappa shape index (κ1) is 28.6. The smallest absolute Gasteiger partial charge is 0.320 e. The van der Waals surface area contributed by atoms with E-state index < -0.39 is 29.0 Å². The van der Waals surface area contributed by atoms with Gasteiger partial charge >= 0.3 is 6.03 Å². The van der Waals surface area contributed by atoms with Crippen molar-refractivity contribution in [1.82, 2.24) is 14.7 Å². The highest BCUT2D eigenvalue weighted by Gasteiger charge is 2.60. The van der Waals surface area contributed by atoms with Gasteiger partial charge in [0.25, 0.3) is 0 Å². The molecule has 2 fully saturated rings. The molecular weight excluding hydrogens is 529 g/mol. The van der Waals surface area contributed by atoms with Gasteiger partial charge in [-0.25, -0.2) is 13.6 Å². The van der Waals surface area contributed by atoms with E-state index in [0.29, 0.717) is 19.5 Å². The average Bonchev–Trinajstić information content (AvgIpc) is 3.18. The van der Waals surface area contributed by atoms with E-state index in [1.54, 1.807) is 21.9 Å². The number of rotatable bonds is 4. The second-order valence-corrected chi connectivity index (χ2v) is 12.3. The molecule has 2 amide bonds. The van der Waals surface area contributed by atoms with Crippen molar-refractivity contribution in [2.75, 3.05) is 39.3 Å². The molecule has 3 atom stereocenters. The fourth-order valence-corrected chi connectivity index (χ4v) is 6.44. The molecule has 2 saturated heterocycles. The van der Waals surface area contributed by atoms with Gasteiger partial charge in [-0.2, -0.15) is 5.26 Å². The number of hydrogen-bond acceptors (Lipinski definition) is 3. The minimum absolute atomic E-state index is 0.102. The molecule has 0 aliphatic carbocycles. The summed E-state index contributed by atoms with van der Waals surface area (Å²) in [5.74, 6) is -1.85. The van der Waals surface area contributed by atoms with E-state index >= 15 is 8.78 Å². The molecule has 2 aliphatic heterocycles. The van der Waals surface area contributed by atoms with Gasteiger partial charge in [0, 0.05) is 54.8 Å². The Bertz CT molecular complexity index is 1240. The molecule has 0 unspecified atom stereocenters. The predicted octanol–water partition coefficient (Wildman–Crippen LogP) is 6.90. The van der Waals surface area contributed by atoms with Crippen molar-refractivity contribution in [2.45, 2.75) is 45.6 Å². The van der Waals surface area contributed by atoms with Gasteiger partial charge in [-0.1, -0.05) is 69.1 Å². The maximum Gasteiger partial charge on any atom is 0.320 e. The number of piperazine rings is 1. The molecule has 2 aliphatic rings. The molecule has 204 valence electrons. The van der Waals surface area contributed by atoms with Crippen LogP contribution in [0.25, 0.3) is 0 Å². The minimum atomic E-state index is -1.58. The molecule has 0 saturated carbocycles. The zero-order valence-corrected chi connectivity index (χ0v) is 23.8. The van der Waals surface area contributed by atoms with Crippen molar-refractivity contribution in [2.24, 2.45) is 11.3 Å². The lowest BCUT2D eigenvalue weighted by atomic mass is 9.63. The minimum Gasteiger partial charge on any atom is -0.322 e. The van der Waals surface area contributed by atoms with E-state index in [-0.39, 0.29) is 39.2 Å². The Morgan fingerprint density at radius 1 is 1.13 bits per heavy atom. The Morgan fingerprint density at radius 2 is 1.82 bits per heavy atom. The summed E-state index contributed by atoms with van der Waals surface area (Å²) in [5.41, 5.74) is -1.62. The van der Waals surface area contributed by atoms with E-state index in [9.17, 15) is 10.1 Å². The third-order valence-electron chi connectivity index (χ3n) is 7.84. The molecule has 9 heteroatoms. The Labute approximate surface area is 233 Å². The van der Waals surface area contributed by atoms with Crippen LogP contribution in [0.15, 0.2) is 36.4 Å². The summed E-state index contributed by atoms with van der Waals surface area (Å²) in [4.78, 5) is 19.7.